The smallest absolute Gasteiger partial charge is 0.363 e. The summed E-state index contributed by atoms with van der Waals surface area (Å²) in [4.78, 5) is 56.3. The molecule has 194 valence electrons. The van der Waals surface area contributed by atoms with Crippen LogP contribution in [0.5, 0.6) is 0 Å². The van der Waals surface area contributed by atoms with Crippen molar-refractivity contribution >= 4 is 68.4 Å². The van der Waals surface area contributed by atoms with Gasteiger partial charge in [-0.25, -0.2) is 4.98 Å². The Kier molecular flexibility index (Phi) is 8.84. The van der Waals surface area contributed by atoms with Crippen molar-refractivity contribution in [2.75, 3.05) is 17.6 Å². The van der Waals surface area contributed by atoms with Gasteiger partial charge in [-0.15, -0.1) is 33.3 Å². The molecule has 1 aliphatic heterocycles. The summed E-state index contributed by atoms with van der Waals surface area (Å²) in [6.07, 6.45) is 0.381. The highest BCUT2D eigenvalue weighted by Crippen LogP contribution is 2.32. The quantitative estimate of drug-likeness (QED) is 0.0422. The fourth-order valence-electron chi connectivity index (χ4n) is 2.70. The molecule has 0 unspecified atom stereocenters. The molecule has 0 spiro atoms. The fourth-order valence-corrected chi connectivity index (χ4v) is 5.66. The fraction of sp³-hybridized carbons (Fsp3) is 0.400. The van der Waals surface area contributed by atoms with Gasteiger partial charge in [0.25, 0.3) is 11.8 Å². The number of hydrogen-bond acceptors (Lipinski definition) is 14. The Morgan fingerprint density at radius 1 is 1.44 bits per heavy atom. The summed E-state index contributed by atoms with van der Waals surface area (Å²) in [5, 5.41) is 24.1. The maximum absolute atomic E-state index is 13.0. The third-order valence-corrected chi connectivity index (χ3v) is 7.26. The van der Waals surface area contributed by atoms with E-state index in [1.807, 2.05) is 0 Å². The molecular weight excluding hydrogens is 544 g/mol. The van der Waals surface area contributed by atoms with Gasteiger partial charge >= 0.3 is 10.3 Å². The molecule has 18 nitrogen and oxygen atoms in total. The molecule has 36 heavy (non-hydrogen) atoms. The minimum absolute atomic E-state index is 0.0248. The molecule has 5 N–H and O–H groups in total. The van der Waals surface area contributed by atoms with Gasteiger partial charge in [0.1, 0.15) is 17.1 Å². The summed E-state index contributed by atoms with van der Waals surface area (Å²) < 4.78 is 32.9. The lowest BCUT2D eigenvalue weighted by molar-refractivity contribution is -0.141. The highest BCUT2D eigenvalue weighted by atomic mass is 32.2. The molecule has 2 aromatic rings. The number of amides is 4. The third kappa shape index (κ3) is 6.71. The topological polar surface area (TPSA) is 251 Å². The number of rotatable bonds is 13. The molecule has 1 saturated heterocycles. The van der Waals surface area contributed by atoms with Gasteiger partial charge in [0.15, 0.2) is 17.5 Å². The number of oxime groups is 1. The maximum Gasteiger partial charge on any atom is 0.363 e. The normalized spacial score (nSPS) is 17.8. The van der Waals surface area contributed by atoms with Gasteiger partial charge < -0.3 is 20.8 Å². The molecule has 0 aromatic carbocycles. The largest absolute Gasteiger partial charge is 0.387 e. The molecule has 4 amide bonds. The van der Waals surface area contributed by atoms with Crippen molar-refractivity contribution in [1.29, 1.82) is 0 Å². The first-order chi connectivity index (χ1) is 17.1. The van der Waals surface area contributed by atoms with Crippen LogP contribution in [0.3, 0.4) is 0 Å². The number of aromatic amines is 1. The number of carbonyl (C=O) groups excluding carboxylic acids is 4. The van der Waals surface area contributed by atoms with E-state index in [0.29, 0.717) is 6.41 Å². The third-order valence-electron chi connectivity index (χ3n) is 4.18. The number of thioether (sulfide) groups is 1. The van der Waals surface area contributed by atoms with E-state index in [-0.39, 0.29) is 45.8 Å². The van der Waals surface area contributed by atoms with Gasteiger partial charge in [0.2, 0.25) is 18.1 Å². The lowest BCUT2D eigenvalue weighted by Crippen LogP contribution is -2.71. The van der Waals surface area contributed by atoms with E-state index >= 15 is 0 Å². The lowest BCUT2D eigenvalue weighted by Gasteiger charge is -2.43. The zero-order valence-electron chi connectivity index (χ0n) is 18.1. The van der Waals surface area contributed by atoms with Crippen LogP contribution in [0.25, 0.3) is 0 Å². The molecular formula is C15H18N10O8S3. The second-order valence-corrected chi connectivity index (χ2v) is 10.0. The Bertz CT molecular complexity index is 1250. The van der Waals surface area contributed by atoms with Crippen molar-refractivity contribution in [1.82, 2.24) is 40.5 Å². The van der Waals surface area contributed by atoms with E-state index in [2.05, 4.69) is 46.7 Å². The van der Waals surface area contributed by atoms with Crippen LogP contribution in [0, 0.1) is 0 Å². The number of nitrogens with zero attached hydrogens (tertiary/aromatic N) is 6. The first-order valence-corrected chi connectivity index (χ1v) is 13.0. The zero-order valence-corrected chi connectivity index (χ0v) is 20.6. The number of nitrogens with one attached hydrogen (secondary N) is 4. The van der Waals surface area contributed by atoms with E-state index in [4.69, 9.17) is 4.84 Å². The highest BCUT2D eigenvalue weighted by Gasteiger charge is 2.54. The molecule has 0 radical (unpaired) electrons. The minimum atomic E-state index is -4.91. The summed E-state index contributed by atoms with van der Waals surface area (Å²) in [7, 11) is -4.91. The Labute approximate surface area is 210 Å². The molecule has 2 atom stereocenters. The van der Waals surface area contributed by atoms with Gasteiger partial charge in [-0.3, -0.25) is 23.7 Å². The summed E-state index contributed by atoms with van der Waals surface area (Å²) >= 11 is 1.88. The van der Waals surface area contributed by atoms with Gasteiger partial charge in [-0.1, -0.05) is 10.4 Å². The van der Waals surface area contributed by atoms with E-state index in [1.54, 1.807) is 0 Å². The van der Waals surface area contributed by atoms with Crippen LogP contribution < -0.4 is 16.0 Å². The van der Waals surface area contributed by atoms with Crippen LogP contribution in [0.2, 0.25) is 0 Å². The van der Waals surface area contributed by atoms with Gasteiger partial charge in [0, 0.05) is 24.6 Å². The molecule has 2 aromatic heterocycles. The van der Waals surface area contributed by atoms with Gasteiger partial charge in [0.05, 0.1) is 0 Å². The number of β-lactam (4-membered cyclic amide) rings is 1. The summed E-state index contributed by atoms with van der Waals surface area (Å²) in [5.41, 5.74) is -0.433. The molecule has 1 fully saturated rings. The number of hydrogen-bond donors (Lipinski definition) is 5. The van der Waals surface area contributed by atoms with Crippen LogP contribution in [-0.2, 0) is 40.9 Å². The van der Waals surface area contributed by atoms with E-state index in [1.165, 1.54) is 12.3 Å². The van der Waals surface area contributed by atoms with E-state index in [9.17, 15) is 32.1 Å². The number of carbonyl (C=O) groups is 4. The Balaban J connectivity index is 1.77. The SMILES string of the molecule is CC(=O)NCCS[C@@H]1[C@H](NC(=O)/C(=N/OCc2nn[nH]n2)c2csc(NC=O)n2)C(=O)N1S(=O)(=O)O. The van der Waals surface area contributed by atoms with E-state index < -0.39 is 39.2 Å². The average Bonchev–Trinajstić information content (AvgIpc) is 3.48. The van der Waals surface area contributed by atoms with Gasteiger partial charge in [-0.05, 0) is 0 Å². The molecule has 3 heterocycles. The summed E-state index contributed by atoms with van der Waals surface area (Å²) in [6.45, 7) is 1.16. The average molecular weight is 563 g/mol. The number of tetrazole rings is 1. The molecule has 0 saturated carbocycles. The van der Waals surface area contributed by atoms with Crippen molar-refractivity contribution in [2.45, 2.75) is 24.9 Å². The van der Waals surface area contributed by atoms with Crippen molar-refractivity contribution < 1.29 is 37.0 Å². The van der Waals surface area contributed by atoms with Crippen LogP contribution in [-0.4, -0.2) is 96.4 Å². The Morgan fingerprint density at radius 2 is 2.22 bits per heavy atom. The lowest BCUT2D eigenvalue weighted by atomic mass is 10.1. The van der Waals surface area contributed by atoms with E-state index in [0.717, 1.165) is 23.1 Å². The highest BCUT2D eigenvalue weighted by molar-refractivity contribution is 8.00. The first kappa shape index (κ1) is 26.9. The first-order valence-electron chi connectivity index (χ1n) is 9.67. The van der Waals surface area contributed by atoms with Gasteiger partial charge in [-0.2, -0.15) is 17.9 Å². The second-order valence-electron chi connectivity index (χ2n) is 6.65. The zero-order chi connectivity index (χ0) is 26.3. The Morgan fingerprint density at radius 3 is 2.86 bits per heavy atom. The second kappa shape index (κ2) is 11.8. The van der Waals surface area contributed by atoms with Crippen LogP contribution in [0.4, 0.5) is 5.13 Å². The predicted molar refractivity (Wildman–Crippen MR) is 123 cm³/mol. The number of thiazole rings is 1. The molecule has 0 bridgehead atoms. The van der Waals surface area contributed by atoms with Crippen molar-refractivity contribution in [3.05, 3.63) is 16.9 Å². The van der Waals surface area contributed by atoms with Crippen LogP contribution >= 0.6 is 23.1 Å². The van der Waals surface area contributed by atoms with Crippen LogP contribution in [0.15, 0.2) is 10.5 Å². The molecule has 1 aliphatic rings. The molecule has 21 heteroatoms. The van der Waals surface area contributed by atoms with Crippen LogP contribution in [0.1, 0.15) is 18.4 Å². The number of H-pyrrole nitrogens is 1. The summed E-state index contributed by atoms with van der Waals surface area (Å²) in [6, 6.07) is -1.37. The molecule has 0 aliphatic carbocycles. The van der Waals surface area contributed by atoms with Crippen molar-refractivity contribution in [2.24, 2.45) is 5.16 Å². The standard InChI is InChI=1S/C15H18N10O8S3/c1-7(27)16-2-3-34-14-11(13(29)25(14)36(30,31)32)19-12(28)10(8-5-35-15(18-8)17-6-26)22-33-4-9-20-23-24-21-9/h5-6,11,14H,2-4H2,1H3,(H,16,27)(H,19,28)(H,17,18,26)(H,30,31,32)(H,20,21,23,24)/b22-10+/t11-,14-/m1/s1. The van der Waals surface area contributed by atoms with Crippen molar-refractivity contribution in [3.63, 3.8) is 0 Å². The van der Waals surface area contributed by atoms with Crippen molar-refractivity contribution in [3.8, 4) is 0 Å². The number of aromatic nitrogens is 5. The minimum Gasteiger partial charge on any atom is -0.387 e. The number of anilines is 1. The Hall–Kier alpha value is -3.69. The monoisotopic (exact) mass is 562 g/mol. The predicted octanol–water partition coefficient (Wildman–Crippen LogP) is -2.53. The summed E-state index contributed by atoms with van der Waals surface area (Å²) in [5.74, 6) is -2.08. The molecule has 3 rings (SSSR count). The maximum atomic E-state index is 13.0.